The van der Waals surface area contributed by atoms with Gasteiger partial charge in [-0.2, -0.15) is 5.10 Å². The predicted molar refractivity (Wildman–Crippen MR) is 89.8 cm³/mol. The quantitative estimate of drug-likeness (QED) is 0.706. The van der Waals surface area contributed by atoms with E-state index in [1.807, 2.05) is 6.07 Å². The summed E-state index contributed by atoms with van der Waals surface area (Å²) in [7, 11) is 0. The molecule has 8 heteroatoms. The van der Waals surface area contributed by atoms with Gasteiger partial charge in [0.2, 0.25) is 5.91 Å². The number of amides is 4. The first-order valence-electron chi connectivity index (χ1n) is 8.96. The van der Waals surface area contributed by atoms with Gasteiger partial charge in [-0.3, -0.25) is 19.6 Å². The molecule has 1 atom stereocenters. The molecule has 3 aliphatic rings. The van der Waals surface area contributed by atoms with E-state index in [-0.39, 0.29) is 18.4 Å². The molecular weight excluding hydrogens is 322 g/mol. The van der Waals surface area contributed by atoms with Gasteiger partial charge in [0, 0.05) is 17.7 Å². The molecule has 1 aromatic heterocycles. The Bertz CT molecular complexity index is 720. The minimum Gasteiger partial charge on any atom is -0.323 e. The second-order valence-corrected chi connectivity index (χ2v) is 7.54. The van der Waals surface area contributed by atoms with Crippen molar-refractivity contribution in [3.8, 4) is 0 Å². The van der Waals surface area contributed by atoms with E-state index in [0.29, 0.717) is 11.7 Å². The van der Waals surface area contributed by atoms with Gasteiger partial charge in [0.15, 0.2) is 5.82 Å². The zero-order valence-electron chi connectivity index (χ0n) is 14.3. The van der Waals surface area contributed by atoms with Crippen LogP contribution in [0.3, 0.4) is 0 Å². The fourth-order valence-corrected chi connectivity index (χ4v) is 3.97. The number of nitrogens with one attached hydrogen (secondary N) is 3. The molecular formula is C17H23N5O3. The molecule has 0 bridgehead atoms. The molecule has 3 N–H and O–H groups in total. The topological polar surface area (TPSA) is 107 Å². The minimum atomic E-state index is -0.862. The maximum absolute atomic E-state index is 12.5. The van der Waals surface area contributed by atoms with Gasteiger partial charge in [-0.15, -0.1) is 0 Å². The summed E-state index contributed by atoms with van der Waals surface area (Å²) in [6.45, 7) is 1.45. The Labute approximate surface area is 145 Å². The van der Waals surface area contributed by atoms with Crippen molar-refractivity contribution < 1.29 is 14.4 Å². The standard InChI is InChI=1S/C17H23N5O3/c1-17(11-6-7-11)15(24)22(16(25)19-17)9-14(23)18-13-8-12(20-21-13)10-4-2-3-5-10/h8,10-11H,2-7,9H2,1H3,(H,19,25)(H2,18,20,21,23). The van der Waals surface area contributed by atoms with E-state index >= 15 is 0 Å². The van der Waals surface area contributed by atoms with Crippen molar-refractivity contribution >= 4 is 23.7 Å². The zero-order chi connectivity index (χ0) is 17.6. The molecule has 0 spiro atoms. The summed E-state index contributed by atoms with van der Waals surface area (Å²) >= 11 is 0. The second-order valence-electron chi connectivity index (χ2n) is 7.54. The van der Waals surface area contributed by atoms with Crippen molar-refractivity contribution in [3.63, 3.8) is 0 Å². The summed E-state index contributed by atoms with van der Waals surface area (Å²) in [5.74, 6) is 0.349. The molecule has 134 valence electrons. The van der Waals surface area contributed by atoms with E-state index < -0.39 is 17.5 Å². The lowest BCUT2D eigenvalue weighted by Crippen LogP contribution is -2.46. The third-order valence-corrected chi connectivity index (χ3v) is 5.66. The largest absolute Gasteiger partial charge is 0.325 e. The number of hydrogen-bond acceptors (Lipinski definition) is 4. The van der Waals surface area contributed by atoms with Gasteiger partial charge in [0.1, 0.15) is 12.1 Å². The van der Waals surface area contributed by atoms with Crippen LogP contribution in [0.25, 0.3) is 0 Å². The molecule has 0 aromatic carbocycles. The van der Waals surface area contributed by atoms with Gasteiger partial charge in [-0.25, -0.2) is 4.79 Å². The highest BCUT2D eigenvalue weighted by Gasteiger charge is 2.56. The minimum absolute atomic E-state index is 0.178. The lowest BCUT2D eigenvalue weighted by molar-refractivity contribution is -0.134. The molecule has 1 aliphatic heterocycles. The third-order valence-electron chi connectivity index (χ3n) is 5.66. The number of H-pyrrole nitrogens is 1. The number of anilines is 1. The van der Waals surface area contributed by atoms with E-state index in [9.17, 15) is 14.4 Å². The molecule has 1 aromatic rings. The van der Waals surface area contributed by atoms with E-state index in [1.54, 1.807) is 6.92 Å². The summed E-state index contributed by atoms with van der Waals surface area (Å²) in [5, 5.41) is 12.5. The van der Waals surface area contributed by atoms with Crippen molar-refractivity contribution in [3.05, 3.63) is 11.8 Å². The van der Waals surface area contributed by atoms with Crippen LogP contribution in [0.4, 0.5) is 10.6 Å². The van der Waals surface area contributed by atoms with Crippen molar-refractivity contribution in [1.82, 2.24) is 20.4 Å². The van der Waals surface area contributed by atoms with Gasteiger partial charge >= 0.3 is 6.03 Å². The van der Waals surface area contributed by atoms with Crippen LogP contribution in [0.15, 0.2) is 6.07 Å². The number of urea groups is 1. The smallest absolute Gasteiger partial charge is 0.323 e. The molecule has 4 rings (SSSR count). The summed E-state index contributed by atoms with van der Waals surface area (Å²) in [5.41, 5.74) is 0.170. The third kappa shape index (κ3) is 2.89. The van der Waals surface area contributed by atoms with Crippen LogP contribution >= 0.6 is 0 Å². The van der Waals surface area contributed by atoms with Crippen LogP contribution < -0.4 is 10.6 Å². The molecule has 4 amide bonds. The zero-order valence-corrected chi connectivity index (χ0v) is 14.3. The summed E-state index contributed by atoms with van der Waals surface area (Å²) in [6.07, 6.45) is 6.57. The molecule has 1 saturated heterocycles. The van der Waals surface area contributed by atoms with Gasteiger partial charge in [-0.1, -0.05) is 12.8 Å². The van der Waals surface area contributed by atoms with Crippen molar-refractivity contribution in [2.75, 3.05) is 11.9 Å². The van der Waals surface area contributed by atoms with Crippen LogP contribution in [-0.4, -0.2) is 45.0 Å². The van der Waals surface area contributed by atoms with Gasteiger partial charge in [0.05, 0.1) is 0 Å². The molecule has 3 fully saturated rings. The van der Waals surface area contributed by atoms with Crippen LogP contribution in [0, 0.1) is 5.92 Å². The lowest BCUT2D eigenvalue weighted by atomic mass is 9.96. The van der Waals surface area contributed by atoms with Crippen LogP contribution in [0.2, 0.25) is 0 Å². The SMILES string of the molecule is CC1(C2CC2)NC(=O)N(CC(=O)Nc2cc(C3CCCC3)[nH]n2)C1=O. The summed E-state index contributed by atoms with van der Waals surface area (Å²) < 4.78 is 0. The maximum atomic E-state index is 12.5. The Morgan fingerprint density at radius 1 is 1.32 bits per heavy atom. The fourth-order valence-electron chi connectivity index (χ4n) is 3.97. The highest BCUT2D eigenvalue weighted by molar-refractivity contribution is 6.10. The van der Waals surface area contributed by atoms with Crippen molar-refractivity contribution in [1.29, 1.82) is 0 Å². The number of nitrogens with zero attached hydrogens (tertiary/aromatic N) is 2. The predicted octanol–water partition coefficient (Wildman–Crippen LogP) is 1.73. The molecule has 0 radical (unpaired) electrons. The molecule has 1 unspecified atom stereocenters. The number of aromatic nitrogens is 2. The van der Waals surface area contributed by atoms with E-state index in [1.165, 1.54) is 12.8 Å². The number of aromatic amines is 1. The summed E-state index contributed by atoms with van der Waals surface area (Å²) in [4.78, 5) is 37.9. The maximum Gasteiger partial charge on any atom is 0.325 e. The highest BCUT2D eigenvalue weighted by Crippen LogP contribution is 2.42. The number of hydrogen-bond donors (Lipinski definition) is 3. The van der Waals surface area contributed by atoms with Gasteiger partial charge < -0.3 is 10.6 Å². The Morgan fingerprint density at radius 3 is 2.72 bits per heavy atom. The molecule has 8 nitrogen and oxygen atoms in total. The normalized spacial score (nSPS) is 27.0. The van der Waals surface area contributed by atoms with Crippen LogP contribution in [0.5, 0.6) is 0 Å². The second kappa shape index (κ2) is 5.86. The lowest BCUT2D eigenvalue weighted by Gasteiger charge is -2.20. The number of rotatable bonds is 5. The number of carbonyl (C=O) groups excluding carboxylic acids is 3. The van der Waals surface area contributed by atoms with Crippen molar-refractivity contribution in [2.24, 2.45) is 5.92 Å². The van der Waals surface area contributed by atoms with Gasteiger partial charge in [-0.05, 0) is 38.5 Å². The fraction of sp³-hybridized carbons (Fsp3) is 0.647. The summed E-state index contributed by atoms with van der Waals surface area (Å²) in [6, 6.07) is 1.34. The Morgan fingerprint density at radius 2 is 2.04 bits per heavy atom. The average molecular weight is 345 g/mol. The number of carbonyl (C=O) groups is 3. The molecule has 2 saturated carbocycles. The number of imide groups is 1. The van der Waals surface area contributed by atoms with Crippen molar-refractivity contribution in [2.45, 2.75) is 56.9 Å². The molecule has 2 aliphatic carbocycles. The van der Waals surface area contributed by atoms with Crippen LogP contribution in [-0.2, 0) is 9.59 Å². The Hall–Kier alpha value is -2.38. The first-order valence-corrected chi connectivity index (χ1v) is 8.96. The molecule has 25 heavy (non-hydrogen) atoms. The average Bonchev–Trinajstić information content (AvgIpc) is 3.02. The molecule has 2 heterocycles. The van der Waals surface area contributed by atoms with E-state index in [2.05, 4.69) is 20.8 Å². The van der Waals surface area contributed by atoms with E-state index in [0.717, 1.165) is 36.3 Å². The monoisotopic (exact) mass is 345 g/mol. The van der Waals surface area contributed by atoms with Crippen LogP contribution in [0.1, 0.15) is 57.1 Å². The Kier molecular flexibility index (Phi) is 3.77. The first kappa shape index (κ1) is 16.1. The first-order chi connectivity index (χ1) is 12.0. The van der Waals surface area contributed by atoms with E-state index in [4.69, 9.17) is 0 Å². The Balaban J connectivity index is 1.37. The highest BCUT2D eigenvalue weighted by atomic mass is 16.2. The van der Waals surface area contributed by atoms with Gasteiger partial charge in [0.25, 0.3) is 5.91 Å².